The highest BCUT2D eigenvalue weighted by Gasteiger charge is 2.32. The zero-order valence-corrected chi connectivity index (χ0v) is 12.7. The molecule has 1 aromatic heterocycles. The first kappa shape index (κ1) is 16.2. The predicted octanol–water partition coefficient (Wildman–Crippen LogP) is 4.97. The van der Waals surface area contributed by atoms with E-state index in [4.69, 9.17) is 11.6 Å². The van der Waals surface area contributed by atoms with Gasteiger partial charge in [-0.25, -0.2) is 0 Å². The van der Waals surface area contributed by atoms with Crippen LogP contribution in [0.4, 0.5) is 18.9 Å². The van der Waals surface area contributed by atoms with Crippen LogP contribution in [0.3, 0.4) is 0 Å². The Balaban J connectivity index is 1.86. The van der Waals surface area contributed by atoms with Gasteiger partial charge in [0.15, 0.2) is 5.75 Å². The molecule has 1 heterocycles. The van der Waals surface area contributed by atoms with Gasteiger partial charge in [-0.1, -0.05) is 29.8 Å². The fraction of sp³-hybridized carbons (Fsp3) is 0.0625. The Morgan fingerprint density at radius 1 is 1.12 bits per heavy atom. The summed E-state index contributed by atoms with van der Waals surface area (Å²) in [5.41, 5.74) is 0.748. The highest BCUT2D eigenvalue weighted by atomic mass is 35.5. The average Bonchev–Trinajstić information content (AvgIpc) is 2.91. The van der Waals surface area contributed by atoms with E-state index in [9.17, 15) is 18.0 Å². The number of hydrogen-bond donors (Lipinski definition) is 2. The molecule has 124 valence electrons. The molecule has 3 rings (SSSR count). The minimum Gasteiger partial charge on any atom is -0.404 e. The number of para-hydroxylation sites is 2. The van der Waals surface area contributed by atoms with E-state index in [0.717, 1.165) is 11.5 Å². The number of H-pyrrole nitrogens is 1. The minimum absolute atomic E-state index is 0.0866. The van der Waals surface area contributed by atoms with E-state index in [2.05, 4.69) is 15.0 Å². The summed E-state index contributed by atoms with van der Waals surface area (Å²) in [6.07, 6.45) is -4.85. The summed E-state index contributed by atoms with van der Waals surface area (Å²) >= 11 is 5.88. The highest BCUT2D eigenvalue weighted by Crippen LogP contribution is 2.30. The molecule has 0 saturated heterocycles. The Kier molecular flexibility index (Phi) is 4.11. The van der Waals surface area contributed by atoms with Crippen LogP contribution in [-0.2, 0) is 0 Å². The smallest absolute Gasteiger partial charge is 0.404 e. The SMILES string of the molecule is O=C(Nc1ccccc1OC(F)(F)F)c1cc2ccc(Cl)cc2[nH]1. The van der Waals surface area contributed by atoms with Gasteiger partial charge in [0.25, 0.3) is 5.91 Å². The lowest BCUT2D eigenvalue weighted by Gasteiger charge is -2.13. The number of aromatic nitrogens is 1. The third-order valence-electron chi connectivity index (χ3n) is 3.19. The van der Waals surface area contributed by atoms with E-state index in [1.807, 2.05) is 0 Å². The number of ether oxygens (including phenoxy) is 1. The molecule has 0 fully saturated rings. The normalized spacial score (nSPS) is 11.5. The number of aromatic amines is 1. The van der Waals surface area contributed by atoms with Crippen LogP contribution in [0, 0.1) is 0 Å². The van der Waals surface area contributed by atoms with Crippen molar-refractivity contribution in [1.29, 1.82) is 0 Å². The molecule has 1 amide bonds. The van der Waals surface area contributed by atoms with Crippen molar-refractivity contribution in [2.45, 2.75) is 6.36 Å². The molecule has 4 nitrogen and oxygen atoms in total. The van der Waals surface area contributed by atoms with Crippen molar-refractivity contribution in [3.63, 3.8) is 0 Å². The van der Waals surface area contributed by atoms with Gasteiger partial charge in [-0.2, -0.15) is 0 Å². The Morgan fingerprint density at radius 3 is 2.62 bits per heavy atom. The number of fused-ring (bicyclic) bond motifs is 1. The second-order valence-corrected chi connectivity index (χ2v) is 5.35. The van der Waals surface area contributed by atoms with E-state index in [-0.39, 0.29) is 11.4 Å². The maximum absolute atomic E-state index is 12.4. The van der Waals surface area contributed by atoms with Crippen LogP contribution in [0.15, 0.2) is 48.5 Å². The average molecular weight is 355 g/mol. The van der Waals surface area contributed by atoms with Gasteiger partial charge in [0.05, 0.1) is 5.69 Å². The molecule has 0 aliphatic heterocycles. The summed E-state index contributed by atoms with van der Waals surface area (Å²) in [6, 6.07) is 11.9. The van der Waals surface area contributed by atoms with E-state index in [0.29, 0.717) is 10.5 Å². The number of anilines is 1. The Labute approximate surface area is 139 Å². The lowest BCUT2D eigenvalue weighted by Crippen LogP contribution is -2.19. The molecule has 0 atom stereocenters. The zero-order valence-electron chi connectivity index (χ0n) is 11.9. The summed E-state index contributed by atoms with van der Waals surface area (Å²) in [6.45, 7) is 0. The monoisotopic (exact) mass is 354 g/mol. The summed E-state index contributed by atoms with van der Waals surface area (Å²) in [7, 11) is 0. The van der Waals surface area contributed by atoms with Crippen molar-refractivity contribution in [1.82, 2.24) is 4.98 Å². The molecule has 0 spiro atoms. The van der Waals surface area contributed by atoms with E-state index >= 15 is 0 Å². The van der Waals surface area contributed by atoms with Crippen LogP contribution in [0.5, 0.6) is 5.75 Å². The number of carbonyl (C=O) groups excluding carboxylic acids is 1. The van der Waals surface area contributed by atoms with Crippen LogP contribution in [0.1, 0.15) is 10.5 Å². The van der Waals surface area contributed by atoms with Crippen LogP contribution >= 0.6 is 11.6 Å². The third kappa shape index (κ3) is 3.62. The van der Waals surface area contributed by atoms with Crippen LogP contribution < -0.4 is 10.1 Å². The first-order chi connectivity index (χ1) is 11.3. The molecular weight excluding hydrogens is 345 g/mol. The molecule has 0 unspecified atom stereocenters. The summed E-state index contributed by atoms with van der Waals surface area (Å²) in [4.78, 5) is 15.1. The molecule has 0 radical (unpaired) electrons. The highest BCUT2D eigenvalue weighted by molar-refractivity contribution is 6.31. The maximum atomic E-state index is 12.4. The zero-order chi connectivity index (χ0) is 17.3. The molecule has 0 bridgehead atoms. The molecule has 3 aromatic rings. The van der Waals surface area contributed by atoms with Crippen molar-refractivity contribution in [2.24, 2.45) is 0 Å². The van der Waals surface area contributed by atoms with Gasteiger partial charge in [0.1, 0.15) is 5.69 Å². The summed E-state index contributed by atoms with van der Waals surface area (Å²) in [5.74, 6) is -1.09. The largest absolute Gasteiger partial charge is 0.573 e. The first-order valence-corrected chi connectivity index (χ1v) is 7.14. The van der Waals surface area contributed by atoms with Crippen molar-refractivity contribution in [2.75, 3.05) is 5.32 Å². The van der Waals surface area contributed by atoms with Crippen LogP contribution in [0.25, 0.3) is 10.9 Å². The maximum Gasteiger partial charge on any atom is 0.573 e. The van der Waals surface area contributed by atoms with Gasteiger partial charge in [0, 0.05) is 15.9 Å². The lowest BCUT2D eigenvalue weighted by atomic mass is 10.2. The first-order valence-electron chi connectivity index (χ1n) is 6.76. The number of alkyl halides is 3. The molecule has 8 heteroatoms. The van der Waals surface area contributed by atoms with E-state index < -0.39 is 18.0 Å². The van der Waals surface area contributed by atoms with Crippen molar-refractivity contribution >= 4 is 34.1 Å². The van der Waals surface area contributed by atoms with Crippen molar-refractivity contribution in [3.8, 4) is 5.75 Å². The lowest BCUT2D eigenvalue weighted by molar-refractivity contribution is -0.274. The van der Waals surface area contributed by atoms with Gasteiger partial charge >= 0.3 is 6.36 Å². The molecule has 0 aliphatic rings. The summed E-state index contributed by atoms with van der Waals surface area (Å²) < 4.78 is 41.1. The quantitative estimate of drug-likeness (QED) is 0.697. The molecule has 0 aliphatic carbocycles. The molecular formula is C16H10ClF3N2O2. The van der Waals surface area contributed by atoms with Gasteiger partial charge in [-0.05, 0) is 30.3 Å². The number of hydrogen-bond acceptors (Lipinski definition) is 2. The molecule has 2 aromatic carbocycles. The van der Waals surface area contributed by atoms with Gasteiger partial charge in [-0.3, -0.25) is 4.79 Å². The molecule has 2 N–H and O–H groups in total. The molecule has 24 heavy (non-hydrogen) atoms. The second-order valence-electron chi connectivity index (χ2n) is 4.91. The Morgan fingerprint density at radius 2 is 1.88 bits per heavy atom. The Hall–Kier alpha value is -2.67. The fourth-order valence-electron chi connectivity index (χ4n) is 2.19. The fourth-order valence-corrected chi connectivity index (χ4v) is 2.37. The number of amides is 1. The predicted molar refractivity (Wildman–Crippen MR) is 84.4 cm³/mol. The second kappa shape index (κ2) is 6.09. The van der Waals surface area contributed by atoms with E-state index in [1.165, 1.54) is 18.2 Å². The standard InChI is InChI=1S/C16H10ClF3N2O2/c17-10-6-5-9-7-13(21-12(9)8-10)15(23)22-11-3-1-2-4-14(11)24-16(18,19)20/h1-8,21H,(H,22,23). The number of benzene rings is 2. The molecule has 0 saturated carbocycles. The van der Waals surface area contributed by atoms with Gasteiger partial charge in [0.2, 0.25) is 0 Å². The number of halogens is 4. The van der Waals surface area contributed by atoms with E-state index in [1.54, 1.807) is 24.3 Å². The number of rotatable bonds is 3. The Bertz CT molecular complexity index is 906. The third-order valence-corrected chi connectivity index (χ3v) is 3.43. The van der Waals surface area contributed by atoms with Gasteiger partial charge in [-0.15, -0.1) is 13.2 Å². The van der Waals surface area contributed by atoms with Crippen LogP contribution in [0.2, 0.25) is 5.02 Å². The van der Waals surface area contributed by atoms with Crippen LogP contribution in [-0.4, -0.2) is 17.3 Å². The van der Waals surface area contributed by atoms with Crippen molar-refractivity contribution in [3.05, 3.63) is 59.2 Å². The number of nitrogens with one attached hydrogen (secondary N) is 2. The number of carbonyl (C=O) groups is 1. The van der Waals surface area contributed by atoms with Gasteiger partial charge < -0.3 is 15.0 Å². The topological polar surface area (TPSA) is 54.1 Å². The summed E-state index contributed by atoms with van der Waals surface area (Å²) in [5, 5.41) is 3.65. The minimum atomic E-state index is -4.85. The van der Waals surface area contributed by atoms with Crippen molar-refractivity contribution < 1.29 is 22.7 Å².